The third kappa shape index (κ3) is 1.74. The Hall–Kier alpha value is -0.940. The molecule has 86 valence electrons. The average Bonchev–Trinajstić information content (AvgIpc) is 2.95. The molecule has 0 aromatic heterocycles. The summed E-state index contributed by atoms with van der Waals surface area (Å²) in [6.07, 6.45) is 0.539. The van der Waals surface area contributed by atoms with E-state index in [0.717, 1.165) is 5.56 Å². The van der Waals surface area contributed by atoms with Gasteiger partial charge in [-0.25, -0.2) is 4.39 Å². The van der Waals surface area contributed by atoms with Crippen molar-refractivity contribution in [1.82, 2.24) is 0 Å². The molecule has 2 rings (SSSR count). The minimum Gasteiger partial charge on any atom is -0.468 e. The van der Waals surface area contributed by atoms with Gasteiger partial charge in [-0.15, -0.1) is 0 Å². The summed E-state index contributed by atoms with van der Waals surface area (Å²) in [7, 11) is 1.31. The molecule has 16 heavy (non-hydrogen) atoms. The number of methoxy groups -OCH3 is 1. The Morgan fingerprint density at radius 2 is 2.38 bits per heavy atom. The van der Waals surface area contributed by atoms with Crippen LogP contribution in [-0.4, -0.2) is 18.6 Å². The normalized spacial score (nSPS) is 27.6. The number of hydrogen-bond acceptors (Lipinski definition) is 3. The van der Waals surface area contributed by atoms with Crippen LogP contribution in [-0.2, 0) is 9.53 Å². The molecular formula is C11H11BrFNO2. The van der Waals surface area contributed by atoms with Crippen LogP contribution in [0, 0.1) is 5.82 Å². The van der Waals surface area contributed by atoms with Crippen LogP contribution in [0.1, 0.15) is 17.9 Å². The van der Waals surface area contributed by atoms with Crippen molar-refractivity contribution in [2.24, 2.45) is 5.73 Å². The van der Waals surface area contributed by atoms with Crippen LogP contribution in [0.5, 0.6) is 0 Å². The fourth-order valence-corrected chi connectivity index (χ4v) is 2.24. The van der Waals surface area contributed by atoms with E-state index in [0.29, 0.717) is 10.9 Å². The number of rotatable bonds is 2. The second-order valence-electron chi connectivity index (χ2n) is 3.96. The maximum atomic E-state index is 13.0. The Bertz CT molecular complexity index is 452. The van der Waals surface area contributed by atoms with Crippen LogP contribution in [0.2, 0.25) is 0 Å². The second-order valence-corrected chi connectivity index (χ2v) is 4.82. The standard InChI is InChI=1S/C11H11BrFNO2/c1-16-10(15)11(14)5-7(11)6-2-3-9(13)8(12)4-6/h2-4,7H,5,14H2,1H3. The number of nitrogens with two attached hydrogens (primary N) is 1. The largest absolute Gasteiger partial charge is 0.468 e. The quantitative estimate of drug-likeness (QED) is 0.846. The molecule has 0 radical (unpaired) electrons. The van der Waals surface area contributed by atoms with Gasteiger partial charge < -0.3 is 10.5 Å². The summed E-state index contributed by atoms with van der Waals surface area (Å²) < 4.78 is 18.0. The van der Waals surface area contributed by atoms with Gasteiger partial charge in [-0.1, -0.05) is 6.07 Å². The van der Waals surface area contributed by atoms with E-state index >= 15 is 0 Å². The topological polar surface area (TPSA) is 52.3 Å². The Balaban J connectivity index is 2.23. The monoisotopic (exact) mass is 287 g/mol. The third-order valence-electron chi connectivity index (χ3n) is 2.92. The van der Waals surface area contributed by atoms with E-state index in [2.05, 4.69) is 20.7 Å². The van der Waals surface area contributed by atoms with Crippen LogP contribution >= 0.6 is 15.9 Å². The molecule has 2 atom stereocenters. The summed E-state index contributed by atoms with van der Waals surface area (Å²) in [4.78, 5) is 11.4. The van der Waals surface area contributed by atoms with Crippen molar-refractivity contribution in [2.75, 3.05) is 7.11 Å². The fraction of sp³-hybridized carbons (Fsp3) is 0.364. The zero-order chi connectivity index (χ0) is 11.9. The van der Waals surface area contributed by atoms with Crippen molar-refractivity contribution in [3.05, 3.63) is 34.1 Å². The number of esters is 1. The Labute approximate surface area is 101 Å². The maximum Gasteiger partial charge on any atom is 0.326 e. The molecule has 0 amide bonds. The van der Waals surface area contributed by atoms with E-state index in [1.54, 1.807) is 12.1 Å². The molecule has 1 aliphatic carbocycles. The van der Waals surface area contributed by atoms with Gasteiger partial charge in [0.05, 0.1) is 11.6 Å². The highest BCUT2D eigenvalue weighted by atomic mass is 79.9. The van der Waals surface area contributed by atoms with E-state index < -0.39 is 11.5 Å². The van der Waals surface area contributed by atoms with E-state index in [4.69, 9.17) is 5.73 Å². The number of ether oxygens (including phenoxy) is 1. The predicted octanol–water partition coefficient (Wildman–Crippen LogP) is 1.95. The van der Waals surface area contributed by atoms with Crippen LogP contribution < -0.4 is 5.73 Å². The summed E-state index contributed by atoms with van der Waals surface area (Å²) in [6.45, 7) is 0. The molecule has 1 aliphatic rings. The minimum atomic E-state index is -0.938. The molecule has 1 aromatic rings. The number of carbonyl (C=O) groups excluding carboxylic acids is 1. The Morgan fingerprint density at radius 1 is 1.69 bits per heavy atom. The molecule has 5 heteroatoms. The van der Waals surface area contributed by atoms with Gasteiger partial charge >= 0.3 is 5.97 Å². The summed E-state index contributed by atoms with van der Waals surface area (Å²) in [5.74, 6) is -0.833. The molecule has 1 fully saturated rings. The second kappa shape index (κ2) is 3.82. The smallest absolute Gasteiger partial charge is 0.326 e. The molecule has 2 unspecified atom stereocenters. The summed E-state index contributed by atoms with van der Waals surface area (Å²) in [5.41, 5.74) is 5.79. The number of hydrogen-bond donors (Lipinski definition) is 1. The highest BCUT2D eigenvalue weighted by molar-refractivity contribution is 9.10. The lowest BCUT2D eigenvalue weighted by Crippen LogP contribution is -2.35. The van der Waals surface area contributed by atoms with Gasteiger partial charge in [-0.3, -0.25) is 4.79 Å². The lowest BCUT2D eigenvalue weighted by molar-refractivity contribution is -0.143. The highest BCUT2D eigenvalue weighted by Crippen LogP contribution is 2.50. The number of benzene rings is 1. The lowest BCUT2D eigenvalue weighted by Gasteiger charge is -2.09. The van der Waals surface area contributed by atoms with E-state index in [-0.39, 0.29) is 11.7 Å². The third-order valence-corrected chi connectivity index (χ3v) is 3.52. The van der Waals surface area contributed by atoms with E-state index in [9.17, 15) is 9.18 Å². The average molecular weight is 288 g/mol. The van der Waals surface area contributed by atoms with Crippen molar-refractivity contribution in [3.8, 4) is 0 Å². The van der Waals surface area contributed by atoms with Gasteiger partial charge in [0.2, 0.25) is 0 Å². The van der Waals surface area contributed by atoms with Crippen LogP contribution in [0.3, 0.4) is 0 Å². The lowest BCUT2D eigenvalue weighted by atomic mass is 10.1. The van der Waals surface area contributed by atoms with Gasteiger partial charge in [-0.2, -0.15) is 0 Å². The summed E-state index contributed by atoms with van der Waals surface area (Å²) >= 11 is 3.10. The highest BCUT2D eigenvalue weighted by Gasteiger charge is 2.58. The number of halogens is 2. The zero-order valence-corrected chi connectivity index (χ0v) is 10.3. The SMILES string of the molecule is COC(=O)C1(N)CC1c1ccc(F)c(Br)c1. The van der Waals surface area contributed by atoms with Gasteiger partial charge in [0.15, 0.2) is 0 Å². The van der Waals surface area contributed by atoms with Crippen LogP contribution in [0.4, 0.5) is 4.39 Å². The first-order valence-corrected chi connectivity index (χ1v) is 5.60. The fourth-order valence-electron chi connectivity index (χ4n) is 1.84. The predicted molar refractivity (Wildman–Crippen MR) is 60.4 cm³/mol. The van der Waals surface area contributed by atoms with Gasteiger partial charge in [-0.05, 0) is 40.0 Å². The first-order valence-electron chi connectivity index (χ1n) is 4.81. The molecule has 0 bridgehead atoms. The minimum absolute atomic E-state index is 0.0863. The van der Waals surface area contributed by atoms with E-state index in [1.807, 2.05) is 0 Å². The summed E-state index contributed by atoms with van der Waals surface area (Å²) in [6, 6.07) is 4.65. The molecule has 1 aromatic carbocycles. The van der Waals surface area contributed by atoms with Gasteiger partial charge in [0.25, 0.3) is 0 Å². The van der Waals surface area contributed by atoms with Gasteiger partial charge in [0, 0.05) is 5.92 Å². The van der Waals surface area contributed by atoms with Crippen molar-refractivity contribution in [2.45, 2.75) is 17.9 Å². The van der Waals surface area contributed by atoms with Crippen molar-refractivity contribution in [1.29, 1.82) is 0 Å². The van der Waals surface area contributed by atoms with Gasteiger partial charge in [0.1, 0.15) is 11.4 Å². The van der Waals surface area contributed by atoms with E-state index in [1.165, 1.54) is 13.2 Å². The molecule has 2 N–H and O–H groups in total. The molecule has 0 heterocycles. The summed E-state index contributed by atoms with van der Waals surface area (Å²) in [5, 5.41) is 0. The maximum absolute atomic E-state index is 13.0. The van der Waals surface area contributed by atoms with Crippen molar-refractivity contribution >= 4 is 21.9 Å². The first-order chi connectivity index (χ1) is 7.49. The Kier molecular flexibility index (Phi) is 2.75. The molecule has 0 saturated heterocycles. The van der Waals surface area contributed by atoms with Crippen LogP contribution in [0.15, 0.2) is 22.7 Å². The van der Waals surface area contributed by atoms with Crippen molar-refractivity contribution < 1.29 is 13.9 Å². The molecule has 0 aliphatic heterocycles. The molecule has 0 spiro atoms. The zero-order valence-electron chi connectivity index (χ0n) is 8.67. The molecular weight excluding hydrogens is 277 g/mol. The Morgan fingerprint density at radius 3 is 2.94 bits per heavy atom. The van der Waals surface area contributed by atoms with Crippen molar-refractivity contribution in [3.63, 3.8) is 0 Å². The first kappa shape index (κ1) is 11.5. The number of carbonyl (C=O) groups is 1. The molecule has 1 saturated carbocycles. The molecule has 3 nitrogen and oxygen atoms in total. The van der Waals surface area contributed by atoms with Crippen LogP contribution in [0.25, 0.3) is 0 Å².